The van der Waals surface area contributed by atoms with E-state index < -0.39 is 0 Å². The van der Waals surface area contributed by atoms with Crippen LogP contribution in [0.2, 0.25) is 0 Å². The summed E-state index contributed by atoms with van der Waals surface area (Å²) in [5.74, 6) is 0. The second-order valence-electron chi connectivity index (χ2n) is 1.00. The van der Waals surface area contributed by atoms with Crippen molar-refractivity contribution in [2.24, 2.45) is 0 Å². The molecule has 0 nitrogen and oxygen atoms in total. The fraction of sp³-hybridized carbons (Fsp3) is 0. The molecule has 0 unspecified atom stereocenters. The molecule has 0 N–H and O–H groups in total. The summed E-state index contributed by atoms with van der Waals surface area (Å²) in [5, 5.41) is 0. The van der Waals surface area contributed by atoms with Crippen molar-refractivity contribution < 1.29 is 0 Å². The Morgan fingerprint density at radius 3 is 1.71 bits per heavy atom. The average Bonchev–Trinajstić information content (AvgIpc) is 1.72. The molecule has 0 aliphatic rings. The number of hydrogen-bond donors (Lipinski definition) is 0. The van der Waals surface area contributed by atoms with E-state index >= 15 is 0 Å². The van der Waals surface area contributed by atoms with E-state index in [2.05, 4.69) is 12.1 Å². The topological polar surface area (TPSA) is 0 Å². The van der Waals surface area contributed by atoms with Crippen LogP contribution in [-0.4, -0.2) is 37.7 Å². The average molecular weight is 116 g/mol. The molecule has 0 heterocycles. The standard InChI is InChI=1S/C6H4.Ca/c1-2-4-6-5-3-1;/h1-3,6H;/q-2;+2. The van der Waals surface area contributed by atoms with Crippen LogP contribution in [0.15, 0.2) is 24.3 Å². The summed E-state index contributed by atoms with van der Waals surface area (Å²) in [6.07, 6.45) is 0. The van der Waals surface area contributed by atoms with Gasteiger partial charge >= 0.3 is 37.7 Å². The van der Waals surface area contributed by atoms with E-state index in [4.69, 9.17) is 0 Å². The van der Waals surface area contributed by atoms with Gasteiger partial charge in [-0.15, -0.1) is 0 Å². The molecule has 0 aromatic heterocycles. The van der Waals surface area contributed by atoms with Gasteiger partial charge < -0.3 is 18.2 Å². The molecule has 0 saturated heterocycles. The van der Waals surface area contributed by atoms with Gasteiger partial charge in [-0.3, -0.25) is 18.2 Å². The van der Waals surface area contributed by atoms with Gasteiger partial charge in [0.15, 0.2) is 0 Å². The number of rotatable bonds is 0. The zero-order valence-corrected chi connectivity index (χ0v) is 6.22. The molecular formula is C6H4Ca. The molecule has 1 aromatic rings. The van der Waals surface area contributed by atoms with E-state index in [1.165, 1.54) is 0 Å². The Bertz CT molecular complexity index is 76.1. The van der Waals surface area contributed by atoms with E-state index in [1.807, 2.05) is 18.2 Å². The Balaban J connectivity index is 0.000000360. The van der Waals surface area contributed by atoms with Gasteiger partial charge in [0.2, 0.25) is 0 Å². The van der Waals surface area contributed by atoms with Gasteiger partial charge in [-0.1, -0.05) is 0 Å². The third kappa shape index (κ3) is 3.10. The van der Waals surface area contributed by atoms with Gasteiger partial charge in [0, 0.05) is 0 Å². The quantitative estimate of drug-likeness (QED) is 0.349. The molecule has 1 aromatic carbocycles. The fourth-order valence-corrected chi connectivity index (χ4v) is 0.304. The molecule has 0 fully saturated rings. The smallest absolute Gasteiger partial charge is 0.359 e. The Labute approximate surface area is 73.5 Å². The van der Waals surface area contributed by atoms with Crippen LogP contribution >= 0.6 is 0 Å². The number of hydrogen-bond acceptors (Lipinski definition) is 0. The van der Waals surface area contributed by atoms with Crippen molar-refractivity contribution in [3.8, 4) is 0 Å². The van der Waals surface area contributed by atoms with Crippen molar-refractivity contribution in [2.75, 3.05) is 0 Å². The molecule has 0 amide bonds. The Morgan fingerprint density at radius 2 is 1.57 bits per heavy atom. The summed E-state index contributed by atoms with van der Waals surface area (Å²) in [5.41, 5.74) is 0. The van der Waals surface area contributed by atoms with E-state index in [-0.39, 0.29) is 37.7 Å². The monoisotopic (exact) mass is 116 g/mol. The van der Waals surface area contributed by atoms with Crippen LogP contribution in [0.3, 0.4) is 0 Å². The van der Waals surface area contributed by atoms with Crippen molar-refractivity contribution in [3.05, 3.63) is 36.4 Å². The molecule has 0 saturated carbocycles. The predicted octanol–water partition coefficient (Wildman–Crippen LogP) is 0.906. The molecule has 0 aliphatic heterocycles. The van der Waals surface area contributed by atoms with Crippen LogP contribution in [0, 0.1) is 12.1 Å². The predicted molar refractivity (Wildman–Crippen MR) is 29.9 cm³/mol. The molecule has 30 valence electrons. The van der Waals surface area contributed by atoms with Crippen LogP contribution in [0.4, 0.5) is 0 Å². The molecule has 0 aliphatic carbocycles. The first-order chi connectivity index (χ1) is 3.00. The van der Waals surface area contributed by atoms with Gasteiger partial charge in [-0.05, 0) is 0 Å². The van der Waals surface area contributed by atoms with Gasteiger partial charge in [0.1, 0.15) is 0 Å². The minimum absolute atomic E-state index is 0. The van der Waals surface area contributed by atoms with Crippen molar-refractivity contribution in [2.45, 2.75) is 0 Å². The van der Waals surface area contributed by atoms with E-state index in [9.17, 15) is 0 Å². The minimum Gasteiger partial charge on any atom is -0.359 e. The second-order valence-corrected chi connectivity index (χ2v) is 1.00. The van der Waals surface area contributed by atoms with Gasteiger partial charge in [-0.2, -0.15) is 0 Å². The van der Waals surface area contributed by atoms with Crippen molar-refractivity contribution >= 4 is 37.7 Å². The maximum atomic E-state index is 2.84. The van der Waals surface area contributed by atoms with Gasteiger partial charge in [0.05, 0.1) is 0 Å². The molecule has 1 heteroatoms. The van der Waals surface area contributed by atoms with Crippen molar-refractivity contribution in [1.82, 2.24) is 0 Å². The normalized spacial score (nSPS) is 6.86. The van der Waals surface area contributed by atoms with E-state index in [0.29, 0.717) is 0 Å². The molecular weight excluding hydrogens is 112 g/mol. The molecule has 0 bridgehead atoms. The first-order valence-electron chi connectivity index (χ1n) is 1.82. The summed E-state index contributed by atoms with van der Waals surface area (Å²) in [7, 11) is 0. The summed E-state index contributed by atoms with van der Waals surface area (Å²) in [6, 6.07) is 13.0. The SMILES string of the molecule is [Ca+2].[c-]1c[c-]ccc1. The van der Waals surface area contributed by atoms with Crippen LogP contribution in [0.5, 0.6) is 0 Å². The van der Waals surface area contributed by atoms with Crippen LogP contribution < -0.4 is 0 Å². The largest absolute Gasteiger partial charge is 2.00 e. The Hall–Kier alpha value is 0.480. The third-order valence-electron chi connectivity index (χ3n) is 0.552. The van der Waals surface area contributed by atoms with Crippen molar-refractivity contribution in [3.63, 3.8) is 0 Å². The summed E-state index contributed by atoms with van der Waals surface area (Å²) < 4.78 is 0. The van der Waals surface area contributed by atoms with Crippen LogP contribution in [0.25, 0.3) is 0 Å². The zero-order chi connectivity index (χ0) is 4.24. The van der Waals surface area contributed by atoms with Crippen LogP contribution in [0.1, 0.15) is 0 Å². The summed E-state index contributed by atoms with van der Waals surface area (Å²) >= 11 is 0. The van der Waals surface area contributed by atoms with Crippen LogP contribution in [-0.2, 0) is 0 Å². The zero-order valence-electron chi connectivity index (χ0n) is 4.02. The van der Waals surface area contributed by atoms with E-state index in [1.54, 1.807) is 6.07 Å². The summed E-state index contributed by atoms with van der Waals surface area (Å²) in [4.78, 5) is 0. The van der Waals surface area contributed by atoms with Crippen molar-refractivity contribution in [1.29, 1.82) is 0 Å². The molecule has 7 heavy (non-hydrogen) atoms. The maximum Gasteiger partial charge on any atom is 2.00 e. The fourth-order valence-electron chi connectivity index (χ4n) is 0.304. The molecule has 0 spiro atoms. The third-order valence-corrected chi connectivity index (χ3v) is 0.552. The Kier molecular flexibility index (Phi) is 4.95. The first kappa shape index (κ1) is 7.48. The Morgan fingerprint density at radius 1 is 1.00 bits per heavy atom. The summed E-state index contributed by atoms with van der Waals surface area (Å²) in [6.45, 7) is 0. The van der Waals surface area contributed by atoms with E-state index in [0.717, 1.165) is 0 Å². The maximum absolute atomic E-state index is 2.84. The minimum atomic E-state index is 0. The number of benzene rings is 1. The molecule has 0 radical (unpaired) electrons. The molecule has 1 rings (SSSR count). The first-order valence-corrected chi connectivity index (χ1v) is 1.82. The van der Waals surface area contributed by atoms with Gasteiger partial charge in [-0.25, -0.2) is 0 Å². The second kappa shape index (κ2) is 4.63. The van der Waals surface area contributed by atoms with Gasteiger partial charge in [0.25, 0.3) is 0 Å². The molecule has 0 atom stereocenters.